The van der Waals surface area contributed by atoms with Crippen molar-refractivity contribution in [3.05, 3.63) is 35.4 Å². The third-order valence-corrected chi connectivity index (χ3v) is 4.92. The van der Waals surface area contributed by atoms with Crippen LogP contribution in [0.4, 0.5) is 13.2 Å². The highest BCUT2D eigenvalue weighted by Crippen LogP contribution is 2.56. The molecule has 3 atom stereocenters. The molecule has 112 valence electrons. The summed E-state index contributed by atoms with van der Waals surface area (Å²) >= 11 is 0. The highest BCUT2D eigenvalue weighted by molar-refractivity contribution is 5.37. The van der Waals surface area contributed by atoms with Gasteiger partial charge in [0.2, 0.25) is 0 Å². The maximum absolute atomic E-state index is 13.2. The van der Waals surface area contributed by atoms with Crippen molar-refractivity contribution in [2.45, 2.75) is 51.7 Å². The lowest BCUT2D eigenvalue weighted by Crippen LogP contribution is -2.57. The summed E-state index contributed by atoms with van der Waals surface area (Å²) < 4.78 is 39.5. The molecule has 1 aromatic rings. The zero-order valence-corrected chi connectivity index (χ0v) is 12.2. The summed E-state index contributed by atoms with van der Waals surface area (Å²) in [7, 11) is 0. The molecule has 0 bridgehead atoms. The second-order valence-corrected chi connectivity index (χ2v) is 5.84. The normalized spacial score (nSPS) is 30.1. The molecule has 20 heavy (non-hydrogen) atoms. The molecular weight excluding hydrogens is 263 g/mol. The Labute approximate surface area is 118 Å². The van der Waals surface area contributed by atoms with Crippen LogP contribution in [0.15, 0.2) is 24.3 Å². The van der Waals surface area contributed by atoms with Crippen molar-refractivity contribution < 1.29 is 13.2 Å². The number of alkyl halides is 3. The molecule has 0 aliphatic heterocycles. The Bertz CT molecular complexity index is 469. The monoisotopic (exact) mass is 285 g/mol. The number of rotatable bonds is 4. The van der Waals surface area contributed by atoms with Crippen LogP contribution in [0, 0.1) is 5.41 Å². The SMILES string of the molecule is CCNC1CC(c2ccccc2C(F)(F)F)C1(C)CC. The Morgan fingerprint density at radius 1 is 1.25 bits per heavy atom. The van der Waals surface area contributed by atoms with E-state index in [-0.39, 0.29) is 11.3 Å². The Morgan fingerprint density at radius 3 is 2.45 bits per heavy atom. The highest BCUT2D eigenvalue weighted by Gasteiger charge is 2.52. The van der Waals surface area contributed by atoms with Crippen molar-refractivity contribution in [2.75, 3.05) is 6.54 Å². The van der Waals surface area contributed by atoms with Gasteiger partial charge in [-0.2, -0.15) is 13.2 Å². The largest absolute Gasteiger partial charge is 0.416 e. The Morgan fingerprint density at radius 2 is 1.90 bits per heavy atom. The van der Waals surface area contributed by atoms with Crippen LogP contribution in [0.3, 0.4) is 0 Å². The lowest BCUT2D eigenvalue weighted by molar-refractivity contribution is -0.139. The molecule has 1 fully saturated rings. The third-order valence-electron chi connectivity index (χ3n) is 4.92. The molecule has 1 aliphatic rings. The zero-order chi connectivity index (χ0) is 15.0. The van der Waals surface area contributed by atoms with Gasteiger partial charge in [0.05, 0.1) is 5.56 Å². The van der Waals surface area contributed by atoms with Gasteiger partial charge in [-0.1, -0.05) is 39.0 Å². The van der Waals surface area contributed by atoms with E-state index < -0.39 is 11.7 Å². The minimum absolute atomic E-state index is 0.0191. The van der Waals surface area contributed by atoms with E-state index in [0.29, 0.717) is 11.6 Å². The molecule has 0 saturated heterocycles. The lowest BCUT2D eigenvalue weighted by Gasteiger charge is -2.55. The average Bonchev–Trinajstić information content (AvgIpc) is 2.41. The molecule has 2 rings (SSSR count). The number of hydrogen-bond acceptors (Lipinski definition) is 1. The molecule has 4 heteroatoms. The van der Waals surface area contributed by atoms with Crippen LogP contribution in [0.1, 0.15) is 50.7 Å². The molecular formula is C16H22F3N. The van der Waals surface area contributed by atoms with Gasteiger partial charge in [-0.15, -0.1) is 0 Å². The topological polar surface area (TPSA) is 12.0 Å². The fourth-order valence-corrected chi connectivity index (χ4v) is 3.45. The van der Waals surface area contributed by atoms with Gasteiger partial charge >= 0.3 is 6.18 Å². The van der Waals surface area contributed by atoms with E-state index in [1.54, 1.807) is 12.1 Å². The summed E-state index contributed by atoms with van der Waals surface area (Å²) in [5, 5.41) is 3.40. The maximum atomic E-state index is 13.2. The third kappa shape index (κ3) is 2.46. The van der Waals surface area contributed by atoms with E-state index in [9.17, 15) is 13.2 Å². The van der Waals surface area contributed by atoms with Crippen molar-refractivity contribution in [3.63, 3.8) is 0 Å². The fraction of sp³-hybridized carbons (Fsp3) is 0.625. The van der Waals surface area contributed by atoms with Gasteiger partial charge in [0.1, 0.15) is 0 Å². The quantitative estimate of drug-likeness (QED) is 0.853. The predicted molar refractivity (Wildman–Crippen MR) is 74.7 cm³/mol. The Balaban J connectivity index is 2.34. The minimum atomic E-state index is -4.27. The van der Waals surface area contributed by atoms with Gasteiger partial charge in [-0.3, -0.25) is 0 Å². The van der Waals surface area contributed by atoms with Gasteiger partial charge in [-0.25, -0.2) is 0 Å². The Kier molecular flexibility index (Phi) is 4.14. The minimum Gasteiger partial charge on any atom is -0.314 e. The van der Waals surface area contributed by atoms with Gasteiger partial charge in [0.15, 0.2) is 0 Å². The zero-order valence-electron chi connectivity index (χ0n) is 12.2. The number of nitrogens with one attached hydrogen (secondary N) is 1. The summed E-state index contributed by atoms with van der Waals surface area (Å²) in [5.74, 6) is -0.0191. The molecule has 0 radical (unpaired) electrons. The molecule has 1 aromatic carbocycles. The van der Waals surface area contributed by atoms with Crippen LogP contribution in [-0.2, 0) is 6.18 Å². The summed E-state index contributed by atoms with van der Waals surface area (Å²) in [4.78, 5) is 0. The van der Waals surface area contributed by atoms with Crippen molar-refractivity contribution in [2.24, 2.45) is 5.41 Å². The van der Waals surface area contributed by atoms with Crippen molar-refractivity contribution >= 4 is 0 Å². The van der Waals surface area contributed by atoms with E-state index in [1.165, 1.54) is 12.1 Å². The summed E-state index contributed by atoms with van der Waals surface area (Å²) in [6, 6.07) is 6.33. The van der Waals surface area contributed by atoms with Crippen LogP contribution in [-0.4, -0.2) is 12.6 Å². The van der Waals surface area contributed by atoms with Gasteiger partial charge in [0.25, 0.3) is 0 Å². The van der Waals surface area contributed by atoms with Gasteiger partial charge < -0.3 is 5.32 Å². The lowest BCUT2D eigenvalue weighted by atomic mass is 9.53. The first-order chi connectivity index (χ1) is 9.34. The summed E-state index contributed by atoms with van der Waals surface area (Å²) in [5.41, 5.74) is -0.115. The predicted octanol–water partition coefficient (Wildman–Crippen LogP) is 4.59. The molecule has 0 aromatic heterocycles. The number of hydrogen-bond donors (Lipinski definition) is 1. The standard InChI is InChI=1S/C16H22F3N/c1-4-15(3)13(10-14(15)20-5-2)11-8-6-7-9-12(11)16(17,18)19/h6-9,13-14,20H,4-5,10H2,1-3H3. The molecule has 3 unspecified atom stereocenters. The molecule has 1 saturated carbocycles. The second kappa shape index (κ2) is 5.40. The number of halogens is 3. The molecule has 1 N–H and O–H groups in total. The number of benzene rings is 1. The van der Waals surface area contributed by atoms with E-state index in [2.05, 4.69) is 19.2 Å². The smallest absolute Gasteiger partial charge is 0.314 e. The van der Waals surface area contributed by atoms with Crippen molar-refractivity contribution in [3.8, 4) is 0 Å². The van der Waals surface area contributed by atoms with Gasteiger partial charge in [-0.05, 0) is 42.3 Å². The highest BCUT2D eigenvalue weighted by atomic mass is 19.4. The molecule has 0 heterocycles. The molecule has 0 amide bonds. The Hall–Kier alpha value is -1.03. The summed E-state index contributed by atoms with van der Waals surface area (Å²) in [6.45, 7) is 7.05. The van der Waals surface area contributed by atoms with Crippen molar-refractivity contribution in [1.82, 2.24) is 5.32 Å². The van der Waals surface area contributed by atoms with E-state index in [0.717, 1.165) is 19.4 Å². The van der Waals surface area contributed by atoms with Gasteiger partial charge in [0, 0.05) is 6.04 Å². The summed E-state index contributed by atoms with van der Waals surface area (Å²) in [6.07, 6.45) is -2.61. The molecule has 1 nitrogen and oxygen atoms in total. The van der Waals surface area contributed by atoms with Crippen LogP contribution < -0.4 is 5.32 Å². The van der Waals surface area contributed by atoms with E-state index in [4.69, 9.17) is 0 Å². The van der Waals surface area contributed by atoms with E-state index in [1.807, 2.05) is 6.92 Å². The first-order valence-corrected chi connectivity index (χ1v) is 7.24. The molecule has 0 spiro atoms. The molecule has 1 aliphatic carbocycles. The average molecular weight is 285 g/mol. The van der Waals surface area contributed by atoms with Crippen molar-refractivity contribution in [1.29, 1.82) is 0 Å². The van der Waals surface area contributed by atoms with Crippen LogP contribution in [0.25, 0.3) is 0 Å². The first kappa shape index (κ1) is 15.4. The van der Waals surface area contributed by atoms with Crippen LogP contribution in [0.2, 0.25) is 0 Å². The fourth-order valence-electron chi connectivity index (χ4n) is 3.45. The second-order valence-electron chi connectivity index (χ2n) is 5.84. The van der Waals surface area contributed by atoms with Crippen LogP contribution >= 0.6 is 0 Å². The first-order valence-electron chi connectivity index (χ1n) is 7.24. The maximum Gasteiger partial charge on any atom is 0.416 e. The van der Waals surface area contributed by atoms with Crippen LogP contribution in [0.5, 0.6) is 0 Å². The van der Waals surface area contributed by atoms with E-state index >= 15 is 0 Å².